The zero-order valence-electron chi connectivity index (χ0n) is 19.4. The Hall–Kier alpha value is -2.72. The highest BCUT2D eigenvalue weighted by Gasteiger charge is 2.42. The third-order valence-electron chi connectivity index (χ3n) is 5.64. The minimum atomic E-state index is -3.88. The van der Waals surface area contributed by atoms with E-state index < -0.39 is 22.0 Å². The van der Waals surface area contributed by atoms with Crippen LogP contribution in [0, 0.1) is 6.92 Å². The average Bonchev–Trinajstić information content (AvgIpc) is 3.48. The molecule has 0 spiro atoms. The van der Waals surface area contributed by atoms with Crippen LogP contribution in [0.3, 0.4) is 0 Å². The molecule has 8 nitrogen and oxygen atoms in total. The monoisotopic (exact) mass is 486 g/mol. The fourth-order valence-electron chi connectivity index (χ4n) is 3.84. The molecule has 0 aliphatic carbocycles. The highest BCUT2D eigenvalue weighted by molar-refractivity contribution is 7.86. The van der Waals surface area contributed by atoms with Crippen molar-refractivity contribution in [1.29, 1.82) is 0 Å². The average molecular weight is 487 g/mol. The van der Waals surface area contributed by atoms with Gasteiger partial charge in [0.15, 0.2) is 5.79 Å². The van der Waals surface area contributed by atoms with Gasteiger partial charge >= 0.3 is 0 Å². The summed E-state index contributed by atoms with van der Waals surface area (Å²) in [4.78, 5) is 4.22. The number of aryl methyl sites for hydroxylation is 2. The van der Waals surface area contributed by atoms with Crippen LogP contribution in [0.25, 0.3) is 0 Å². The van der Waals surface area contributed by atoms with E-state index in [0.29, 0.717) is 19.6 Å². The van der Waals surface area contributed by atoms with Gasteiger partial charge in [-0.25, -0.2) is 4.98 Å². The van der Waals surface area contributed by atoms with Crippen molar-refractivity contribution < 1.29 is 26.8 Å². The van der Waals surface area contributed by atoms with Gasteiger partial charge in [0.2, 0.25) is 0 Å². The lowest BCUT2D eigenvalue weighted by Crippen LogP contribution is -2.37. The maximum absolute atomic E-state index is 12.6. The highest BCUT2D eigenvalue weighted by atomic mass is 32.2. The van der Waals surface area contributed by atoms with Crippen LogP contribution in [-0.2, 0) is 36.7 Å². The Morgan fingerprint density at radius 2 is 1.91 bits per heavy atom. The predicted octanol–water partition coefficient (Wildman–Crippen LogP) is 3.74. The van der Waals surface area contributed by atoms with Crippen molar-refractivity contribution in [3.8, 4) is 5.75 Å². The lowest BCUT2D eigenvalue weighted by Gasteiger charge is -2.28. The van der Waals surface area contributed by atoms with Crippen LogP contribution in [0.15, 0.2) is 72.1 Å². The van der Waals surface area contributed by atoms with E-state index in [1.807, 2.05) is 48.9 Å². The first-order chi connectivity index (χ1) is 16.4. The Morgan fingerprint density at radius 3 is 2.59 bits per heavy atom. The normalized spacial score (nSPS) is 20.5. The second-order valence-corrected chi connectivity index (χ2v) is 9.94. The minimum absolute atomic E-state index is 0.120. The summed E-state index contributed by atoms with van der Waals surface area (Å²) in [5.41, 5.74) is 2.10. The largest absolute Gasteiger partial charge is 0.494 e. The number of hydrogen-bond donors (Lipinski definition) is 0. The molecule has 2 unspecified atom stereocenters. The van der Waals surface area contributed by atoms with Crippen molar-refractivity contribution in [3.05, 3.63) is 78.4 Å². The van der Waals surface area contributed by atoms with E-state index in [1.165, 1.54) is 12.1 Å². The number of ether oxygens (including phenoxy) is 3. The van der Waals surface area contributed by atoms with E-state index in [2.05, 4.69) is 4.98 Å². The zero-order valence-corrected chi connectivity index (χ0v) is 20.2. The lowest BCUT2D eigenvalue weighted by molar-refractivity contribution is -0.184. The van der Waals surface area contributed by atoms with Crippen LogP contribution in [0.5, 0.6) is 5.75 Å². The third-order valence-corrected chi connectivity index (χ3v) is 6.94. The molecule has 2 aromatic carbocycles. The van der Waals surface area contributed by atoms with Crippen LogP contribution >= 0.6 is 0 Å². The Labute approximate surface area is 200 Å². The predicted molar refractivity (Wildman–Crippen MR) is 126 cm³/mol. The summed E-state index contributed by atoms with van der Waals surface area (Å²) in [5.74, 6) is -0.0826. The minimum Gasteiger partial charge on any atom is -0.494 e. The summed E-state index contributed by atoms with van der Waals surface area (Å²) in [6.45, 7) is 5.03. The SMILES string of the molecule is CCOc1ccc(CCC2(Cn3ccnc3)OCC(COS(=O)(=O)c3ccc(C)cc3)O2)cc1. The molecule has 4 rings (SSSR count). The summed E-state index contributed by atoms with van der Waals surface area (Å²) in [5, 5.41) is 0. The summed E-state index contributed by atoms with van der Waals surface area (Å²) < 4.78 is 50.2. The van der Waals surface area contributed by atoms with E-state index in [-0.39, 0.29) is 18.1 Å². The molecular weight excluding hydrogens is 456 g/mol. The van der Waals surface area contributed by atoms with E-state index in [4.69, 9.17) is 18.4 Å². The van der Waals surface area contributed by atoms with Gasteiger partial charge in [-0.2, -0.15) is 8.42 Å². The fourth-order valence-corrected chi connectivity index (χ4v) is 4.78. The highest BCUT2D eigenvalue weighted by Crippen LogP contribution is 2.32. The van der Waals surface area contributed by atoms with Gasteiger partial charge in [-0.1, -0.05) is 29.8 Å². The maximum atomic E-state index is 12.6. The molecule has 1 fully saturated rings. The Balaban J connectivity index is 1.40. The molecule has 9 heteroatoms. The van der Waals surface area contributed by atoms with E-state index in [1.54, 1.807) is 24.7 Å². The van der Waals surface area contributed by atoms with Crippen LogP contribution < -0.4 is 4.74 Å². The van der Waals surface area contributed by atoms with Gasteiger partial charge < -0.3 is 18.8 Å². The smallest absolute Gasteiger partial charge is 0.297 e. The lowest BCUT2D eigenvalue weighted by atomic mass is 10.0. The van der Waals surface area contributed by atoms with Crippen molar-refractivity contribution in [2.45, 2.75) is 50.0 Å². The van der Waals surface area contributed by atoms with Gasteiger partial charge in [0.1, 0.15) is 11.9 Å². The first kappa shape index (κ1) is 24.4. The van der Waals surface area contributed by atoms with Gasteiger partial charge in [-0.05, 0) is 50.1 Å². The molecule has 3 aromatic rings. The molecule has 0 amide bonds. The standard InChI is InChI=1S/C25H30N2O6S/c1-3-30-22-8-6-21(7-9-22)12-13-25(18-27-15-14-26-19-27)31-16-23(33-25)17-32-34(28,29)24-10-4-20(2)5-11-24/h4-11,14-15,19,23H,3,12-13,16-18H2,1-2H3. The first-order valence-corrected chi connectivity index (χ1v) is 12.7. The number of hydrogen-bond acceptors (Lipinski definition) is 7. The fraction of sp³-hybridized carbons (Fsp3) is 0.400. The molecule has 1 aliphatic rings. The van der Waals surface area contributed by atoms with Crippen LogP contribution in [0.2, 0.25) is 0 Å². The van der Waals surface area contributed by atoms with Crippen molar-refractivity contribution >= 4 is 10.1 Å². The number of benzene rings is 2. The zero-order chi connectivity index (χ0) is 24.0. The molecule has 1 aromatic heterocycles. The molecule has 0 N–H and O–H groups in total. The summed E-state index contributed by atoms with van der Waals surface area (Å²) in [6.07, 6.45) is 6.04. The summed E-state index contributed by atoms with van der Waals surface area (Å²) in [6, 6.07) is 14.5. The van der Waals surface area contributed by atoms with Crippen LogP contribution in [0.1, 0.15) is 24.5 Å². The second-order valence-electron chi connectivity index (χ2n) is 8.33. The molecule has 2 atom stereocenters. The van der Waals surface area contributed by atoms with Gasteiger partial charge in [0.05, 0.1) is 37.6 Å². The van der Waals surface area contributed by atoms with Crippen molar-refractivity contribution in [2.24, 2.45) is 0 Å². The van der Waals surface area contributed by atoms with Gasteiger partial charge in [-0.3, -0.25) is 4.18 Å². The Kier molecular flexibility index (Phi) is 7.67. The second kappa shape index (κ2) is 10.7. The van der Waals surface area contributed by atoms with E-state index in [9.17, 15) is 8.42 Å². The number of nitrogens with zero attached hydrogens (tertiary/aromatic N) is 2. The quantitative estimate of drug-likeness (QED) is 0.382. The van der Waals surface area contributed by atoms with Gasteiger partial charge in [0, 0.05) is 18.8 Å². The molecule has 1 saturated heterocycles. The van der Waals surface area contributed by atoms with Crippen LogP contribution in [0.4, 0.5) is 0 Å². The van der Waals surface area contributed by atoms with Crippen molar-refractivity contribution in [3.63, 3.8) is 0 Å². The molecule has 182 valence electrons. The molecule has 1 aliphatic heterocycles. The topological polar surface area (TPSA) is 88.9 Å². The van der Waals surface area contributed by atoms with E-state index in [0.717, 1.165) is 23.3 Å². The Bertz CT molecular complexity index is 1150. The van der Waals surface area contributed by atoms with Crippen molar-refractivity contribution in [2.75, 3.05) is 19.8 Å². The number of imidazole rings is 1. The molecule has 0 saturated carbocycles. The molecule has 2 heterocycles. The van der Waals surface area contributed by atoms with Crippen molar-refractivity contribution in [1.82, 2.24) is 9.55 Å². The molecule has 0 radical (unpaired) electrons. The molecule has 34 heavy (non-hydrogen) atoms. The molecular formula is C25H30N2O6S. The van der Waals surface area contributed by atoms with E-state index >= 15 is 0 Å². The van der Waals surface area contributed by atoms with Crippen LogP contribution in [-0.4, -0.2) is 49.7 Å². The summed E-state index contributed by atoms with van der Waals surface area (Å²) >= 11 is 0. The first-order valence-electron chi connectivity index (χ1n) is 11.3. The maximum Gasteiger partial charge on any atom is 0.297 e. The number of rotatable bonds is 11. The third kappa shape index (κ3) is 6.24. The van der Waals surface area contributed by atoms with Gasteiger partial charge in [-0.15, -0.1) is 0 Å². The Morgan fingerprint density at radius 1 is 1.15 bits per heavy atom. The van der Waals surface area contributed by atoms with Gasteiger partial charge in [0.25, 0.3) is 10.1 Å². The molecule has 0 bridgehead atoms. The number of aromatic nitrogens is 2. The summed E-state index contributed by atoms with van der Waals surface area (Å²) in [7, 11) is -3.88.